The summed E-state index contributed by atoms with van der Waals surface area (Å²) in [5.74, 6) is 0. The topological polar surface area (TPSA) is 59.1 Å². The molecule has 78 valence electrons. The molecule has 0 spiro atoms. The number of aliphatic hydroxyl groups is 1. The van der Waals surface area contributed by atoms with Gasteiger partial charge in [-0.15, -0.1) is 0 Å². The standard InChI is InChI=1S/C8H9BrF2N2O/c9-7-5(3-14)13-2-4(1-12)6(7)8(10)11/h2,8,14H,1,3,12H2. The molecule has 14 heavy (non-hydrogen) atoms. The summed E-state index contributed by atoms with van der Waals surface area (Å²) in [6.45, 7) is -0.387. The number of aromatic nitrogens is 1. The van der Waals surface area contributed by atoms with E-state index in [-0.39, 0.29) is 34.4 Å². The van der Waals surface area contributed by atoms with E-state index in [1.165, 1.54) is 6.20 Å². The normalized spacial score (nSPS) is 11.0. The van der Waals surface area contributed by atoms with Crippen molar-refractivity contribution in [3.63, 3.8) is 0 Å². The minimum atomic E-state index is -2.63. The highest BCUT2D eigenvalue weighted by Crippen LogP contribution is 2.31. The third kappa shape index (κ3) is 2.08. The summed E-state index contributed by atoms with van der Waals surface area (Å²) in [4.78, 5) is 3.80. The lowest BCUT2D eigenvalue weighted by atomic mass is 10.1. The lowest BCUT2D eigenvalue weighted by Crippen LogP contribution is -2.06. The number of nitrogens with zero attached hydrogens (tertiary/aromatic N) is 1. The van der Waals surface area contributed by atoms with Gasteiger partial charge in [-0.05, 0) is 21.5 Å². The van der Waals surface area contributed by atoms with E-state index in [4.69, 9.17) is 10.8 Å². The van der Waals surface area contributed by atoms with Gasteiger partial charge in [0.2, 0.25) is 0 Å². The zero-order valence-corrected chi connectivity index (χ0v) is 8.76. The first-order chi connectivity index (χ1) is 6.61. The molecule has 0 aliphatic rings. The quantitative estimate of drug-likeness (QED) is 0.876. The number of pyridine rings is 1. The van der Waals surface area contributed by atoms with Gasteiger partial charge in [-0.25, -0.2) is 8.78 Å². The average molecular weight is 267 g/mol. The van der Waals surface area contributed by atoms with Gasteiger partial charge in [-0.3, -0.25) is 4.98 Å². The summed E-state index contributed by atoms with van der Waals surface area (Å²) in [6, 6.07) is 0. The summed E-state index contributed by atoms with van der Waals surface area (Å²) in [5.41, 5.74) is 5.58. The van der Waals surface area contributed by atoms with Gasteiger partial charge < -0.3 is 10.8 Å². The van der Waals surface area contributed by atoms with E-state index in [1.807, 2.05) is 0 Å². The van der Waals surface area contributed by atoms with Gasteiger partial charge in [-0.2, -0.15) is 0 Å². The molecule has 0 atom stereocenters. The Bertz CT molecular complexity index is 333. The monoisotopic (exact) mass is 266 g/mol. The molecular formula is C8H9BrF2N2O. The highest BCUT2D eigenvalue weighted by Gasteiger charge is 2.19. The lowest BCUT2D eigenvalue weighted by molar-refractivity contribution is 0.148. The predicted octanol–water partition coefficient (Wildman–Crippen LogP) is 1.73. The van der Waals surface area contributed by atoms with Crippen LogP contribution in [0.1, 0.15) is 23.2 Å². The Labute approximate surface area is 88.1 Å². The zero-order chi connectivity index (χ0) is 10.7. The van der Waals surface area contributed by atoms with E-state index in [9.17, 15) is 8.78 Å². The molecule has 1 heterocycles. The molecule has 1 aromatic rings. The molecule has 0 fully saturated rings. The summed E-state index contributed by atoms with van der Waals surface area (Å²) >= 11 is 2.98. The maximum Gasteiger partial charge on any atom is 0.265 e. The minimum Gasteiger partial charge on any atom is -0.390 e. The summed E-state index contributed by atoms with van der Waals surface area (Å²) in [6.07, 6.45) is -1.37. The van der Waals surface area contributed by atoms with Crippen LogP contribution in [0, 0.1) is 0 Å². The zero-order valence-electron chi connectivity index (χ0n) is 7.17. The highest BCUT2D eigenvalue weighted by atomic mass is 79.9. The van der Waals surface area contributed by atoms with E-state index in [0.29, 0.717) is 0 Å². The fraction of sp³-hybridized carbons (Fsp3) is 0.375. The number of rotatable bonds is 3. The van der Waals surface area contributed by atoms with Crippen molar-refractivity contribution < 1.29 is 13.9 Å². The van der Waals surface area contributed by atoms with Crippen molar-refractivity contribution in [1.82, 2.24) is 4.98 Å². The van der Waals surface area contributed by atoms with Gasteiger partial charge in [-0.1, -0.05) is 0 Å². The van der Waals surface area contributed by atoms with E-state index >= 15 is 0 Å². The second-order valence-electron chi connectivity index (χ2n) is 2.62. The Morgan fingerprint density at radius 3 is 2.64 bits per heavy atom. The molecular weight excluding hydrogens is 258 g/mol. The third-order valence-corrected chi connectivity index (χ3v) is 2.68. The van der Waals surface area contributed by atoms with Gasteiger partial charge in [0.15, 0.2) is 0 Å². The van der Waals surface area contributed by atoms with Gasteiger partial charge in [0.05, 0.1) is 16.8 Å². The summed E-state index contributed by atoms with van der Waals surface area (Å²) in [7, 11) is 0. The number of alkyl halides is 2. The van der Waals surface area contributed by atoms with Crippen LogP contribution in [-0.4, -0.2) is 10.1 Å². The first-order valence-corrected chi connectivity index (χ1v) is 4.66. The Balaban J connectivity index is 3.31. The molecule has 0 bridgehead atoms. The molecule has 0 radical (unpaired) electrons. The van der Waals surface area contributed by atoms with Gasteiger partial charge in [0.1, 0.15) is 0 Å². The van der Waals surface area contributed by atoms with Crippen LogP contribution in [0.4, 0.5) is 8.78 Å². The van der Waals surface area contributed by atoms with Crippen molar-refractivity contribution in [3.05, 3.63) is 27.5 Å². The summed E-state index contributed by atoms with van der Waals surface area (Å²) < 4.78 is 25.3. The molecule has 0 amide bonds. The molecule has 0 saturated heterocycles. The van der Waals surface area contributed by atoms with Crippen LogP contribution in [0.2, 0.25) is 0 Å². The van der Waals surface area contributed by atoms with E-state index in [2.05, 4.69) is 20.9 Å². The predicted molar refractivity (Wildman–Crippen MR) is 50.7 cm³/mol. The fourth-order valence-electron chi connectivity index (χ4n) is 1.09. The molecule has 3 N–H and O–H groups in total. The largest absolute Gasteiger partial charge is 0.390 e. The molecule has 0 saturated carbocycles. The van der Waals surface area contributed by atoms with Crippen LogP contribution < -0.4 is 5.73 Å². The Morgan fingerprint density at radius 2 is 2.21 bits per heavy atom. The van der Waals surface area contributed by atoms with Crippen LogP contribution in [0.25, 0.3) is 0 Å². The van der Waals surface area contributed by atoms with Gasteiger partial charge >= 0.3 is 0 Å². The van der Waals surface area contributed by atoms with Crippen molar-refractivity contribution >= 4 is 15.9 Å². The number of halogens is 3. The maximum atomic E-state index is 12.6. The average Bonchev–Trinajstić information content (AvgIpc) is 2.16. The Hall–Kier alpha value is -0.590. The van der Waals surface area contributed by atoms with Crippen molar-refractivity contribution in [1.29, 1.82) is 0 Å². The van der Waals surface area contributed by atoms with Crippen LogP contribution in [0.15, 0.2) is 10.7 Å². The molecule has 3 nitrogen and oxygen atoms in total. The third-order valence-electron chi connectivity index (χ3n) is 1.80. The van der Waals surface area contributed by atoms with Crippen LogP contribution in [0.3, 0.4) is 0 Å². The molecule has 6 heteroatoms. The number of aliphatic hydroxyl groups excluding tert-OH is 1. The van der Waals surface area contributed by atoms with Gasteiger partial charge in [0.25, 0.3) is 6.43 Å². The number of hydrogen-bond acceptors (Lipinski definition) is 3. The molecule has 0 aliphatic heterocycles. The van der Waals surface area contributed by atoms with Crippen molar-refractivity contribution in [2.24, 2.45) is 5.73 Å². The maximum absolute atomic E-state index is 12.6. The Morgan fingerprint density at radius 1 is 1.57 bits per heavy atom. The molecule has 0 aliphatic carbocycles. The molecule has 0 aromatic carbocycles. The van der Waals surface area contributed by atoms with Crippen molar-refractivity contribution in [2.75, 3.05) is 0 Å². The first kappa shape index (κ1) is 11.5. The summed E-state index contributed by atoms with van der Waals surface area (Å²) in [5, 5.41) is 8.82. The molecule has 1 aromatic heterocycles. The first-order valence-electron chi connectivity index (χ1n) is 3.87. The van der Waals surface area contributed by atoms with Crippen LogP contribution in [-0.2, 0) is 13.2 Å². The fourth-order valence-corrected chi connectivity index (χ4v) is 1.74. The number of nitrogens with two attached hydrogens (primary N) is 1. The van der Waals surface area contributed by atoms with E-state index in [0.717, 1.165) is 0 Å². The SMILES string of the molecule is NCc1cnc(CO)c(Br)c1C(F)F. The Kier molecular flexibility index (Phi) is 3.91. The minimum absolute atomic E-state index is 0.00299. The smallest absolute Gasteiger partial charge is 0.265 e. The number of hydrogen-bond donors (Lipinski definition) is 2. The van der Waals surface area contributed by atoms with E-state index < -0.39 is 6.43 Å². The highest BCUT2D eigenvalue weighted by molar-refractivity contribution is 9.10. The van der Waals surface area contributed by atoms with Gasteiger partial charge in [0, 0.05) is 18.3 Å². The second kappa shape index (κ2) is 4.77. The second-order valence-corrected chi connectivity index (χ2v) is 3.41. The molecule has 0 unspecified atom stereocenters. The van der Waals surface area contributed by atoms with Crippen molar-refractivity contribution in [3.8, 4) is 0 Å². The van der Waals surface area contributed by atoms with Crippen molar-refractivity contribution in [2.45, 2.75) is 19.6 Å². The van der Waals surface area contributed by atoms with E-state index in [1.54, 1.807) is 0 Å². The lowest BCUT2D eigenvalue weighted by Gasteiger charge is -2.11. The van der Waals surface area contributed by atoms with Crippen LogP contribution in [0.5, 0.6) is 0 Å². The van der Waals surface area contributed by atoms with Crippen LogP contribution >= 0.6 is 15.9 Å². The molecule has 1 rings (SSSR count).